The van der Waals surface area contributed by atoms with E-state index in [4.69, 9.17) is 15.5 Å². The monoisotopic (exact) mass is 345 g/mol. The number of rotatable bonds is 2. The zero-order valence-electron chi connectivity index (χ0n) is 15.1. The average molecular weight is 345 g/mol. The van der Waals surface area contributed by atoms with Crippen molar-refractivity contribution in [2.75, 3.05) is 38.7 Å². The number of likely N-dealkylation sites (tertiary alicyclic amines) is 1. The molecule has 2 aliphatic heterocycles. The lowest BCUT2D eigenvalue weighted by Crippen LogP contribution is -2.61. The van der Waals surface area contributed by atoms with Gasteiger partial charge in [-0.05, 0) is 44.1 Å². The van der Waals surface area contributed by atoms with Crippen molar-refractivity contribution in [2.45, 2.75) is 49.7 Å². The van der Waals surface area contributed by atoms with Crippen molar-refractivity contribution in [1.29, 1.82) is 0 Å². The molecule has 7 heteroatoms. The van der Waals surface area contributed by atoms with Gasteiger partial charge in [0.1, 0.15) is 5.60 Å². The Balaban J connectivity index is 1.55. The minimum Gasteiger partial charge on any atom is -0.368 e. The predicted octanol–water partition coefficient (Wildman–Crippen LogP) is 0.814. The van der Waals surface area contributed by atoms with Gasteiger partial charge in [0.05, 0.1) is 17.8 Å². The molecule has 0 atom stereocenters. The maximum absolute atomic E-state index is 12.7. The van der Waals surface area contributed by atoms with Gasteiger partial charge < -0.3 is 20.3 Å². The molecule has 1 aromatic heterocycles. The quantitative estimate of drug-likeness (QED) is 0.854. The number of anilines is 1. The zero-order valence-corrected chi connectivity index (χ0v) is 15.1. The van der Waals surface area contributed by atoms with Crippen LogP contribution in [0.2, 0.25) is 0 Å². The third-order valence-corrected chi connectivity index (χ3v) is 5.96. The van der Waals surface area contributed by atoms with Crippen LogP contribution in [0.25, 0.3) is 0 Å². The fourth-order valence-corrected chi connectivity index (χ4v) is 4.15. The molecule has 3 aliphatic rings. The maximum atomic E-state index is 12.7. The second kappa shape index (κ2) is 5.92. The third-order valence-electron chi connectivity index (χ3n) is 5.96. The first kappa shape index (κ1) is 16.7. The van der Waals surface area contributed by atoms with Crippen LogP contribution in [0.5, 0.6) is 0 Å². The first-order valence-electron chi connectivity index (χ1n) is 9.20. The Morgan fingerprint density at radius 3 is 2.60 bits per heavy atom. The molecule has 2 fully saturated rings. The van der Waals surface area contributed by atoms with E-state index in [9.17, 15) is 4.79 Å². The summed E-state index contributed by atoms with van der Waals surface area (Å²) in [5.41, 5.74) is 7.41. The summed E-state index contributed by atoms with van der Waals surface area (Å²) in [5, 5.41) is 0. The molecule has 3 heterocycles. The highest BCUT2D eigenvalue weighted by Crippen LogP contribution is 2.42. The van der Waals surface area contributed by atoms with E-state index >= 15 is 0 Å². The number of aromatic nitrogens is 2. The van der Waals surface area contributed by atoms with Crippen LogP contribution in [0.3, 0.4) is 0 Å². The van der Waals surface area contributed by atoms with Crippen LogP contribution in [0.4, 0.5) is 5.95 Å². The summed E-state index contributed by atoms with van der Waals surface area (Å²) in [6, 6.07) is 0. The van der Waals surface area contributed by atoms with Crippen LogP contribution in [-0.2, 0) is 21.6 Å². The summed E-state index contributed by atoms with van der Waals surface area (Å²) in [5.74, 6) is 0.818. The van der Waals surface area contributed by atoms with Crippen molar-refractivity contribution < 1.29 is 9.53 Å². The molecule has 0 bridgehead atoms. The zero-order chi connectivity index (χ0) is 17.7. The number of piperidine rings is 1. The van der Waals surface area contributed by atoms with Crippen LogP contribution in [-0.4, -0.2) is 60.1 Å². The number of amides is 1. The molecule has 1 aliphatic carbocycles. The van der Waals surface area contributed by atoms with Crippen LogP contribution in [0.1, 0.15) is 43.4 Å². The van der Waals surface area contributed by atoms with E-state index in [1.54, 1.807) is 0 Å². The minimum atomic E-state index is -0.615. The molecule has 1 spiro atoms. The Morgan fingerprint density at radius 1 is 1.28 bits per heavy atom. The van der Waals surface area contributed by atoms with Crippen molar-refractivity contribution in [1.82, 2.24) is 14.9 Å². The van der Waals surface area contributed by atoms with Crippen molar-refractivity contribution in [3.63, 3.8) is 0 Å². The van der Waals surface area contributed by atoms with E-state index in [0.29, 0.717) is 25.6 Å². The van der Waals surface area contributed by atoms with Gasteiger partial charge in [0.2, 0.25) is 11.9 Å². The second-order valence-corrected chi connectivity index (χ2v) is 7.83. The van der Waals surface area contributed by atoms with Crippen molar-refractivity contribution in [3.05, 3.63) is 17.5 Å². The first-order valence-corrected chi connectivity index (χ1v) is 9.20. The number of nitrogens with two attached hydrogens (primary N) is 1. The fourth-order valence-electron chi connectivity index (χ4n) is 4.15. The van der Waals surface area contributed by atoms with Crippen molar-refractivity contribution in [2.24, 2.45) is 5.73 Å². The highest BCUT2D eigenvalue weighted by molar-refractivity contribution is 5.87. The lowest BCUT2D eigenvalue weighted by Gasteiger charge is -2.47. The molecular weight excluding hydrogens is 318 g/mol. The molecule has 1 saturated heterocycles. The molecule has 25 heavy (non-hydrogen) atoms. The van der Waals surface area contributed by atoms with Crippen LogP contribution >= 0.6 is 0 Å². The van der Waals surface area contributed by atoms with Crippen LogP contribution in [0, 0.1) is 0 Å². The summed E-state index contributed by atoms with van der Waals surface area (Å²) in [6.07, 6.45) is 7.00. The summed E-state index contributed by atoms with van der Waals surface area (Å²) in [6.45, 7) is 2.05. The first-order chi connectivity index (χ1) is 11.9. The van der Waals surface area contributed by atoms with E-state index in [0.717, 1.165) is 44.2 Å². The number of hydrogen-bond donors (Lipinski definition) is 1. The van der Waals surface area contributed by atoms with Gasteiger partial charge in [0.15, 0.2) is 0 Å². The Hall–Kier alpha value is -1.73. The molecule has 1 aromatic rings. The Kier molecular flexibility index (Phi) is 3.96. The molecule has 136 valence electrons. The van der Waals surface area contributed by atoms with Crippen molar-refractivity contribution in [3.8, 4) is 0 Å². The number of hydrogen-bond acceptors (Lipinski definition) is 6. The Labute approximate surface area is 148 Å². The molecule has 1 amide bonds. The standard InChI is InChI=1S/C18H27N5O2/c1-22(2)16-20-12-13-4-11-25-18(14(13)21-16)7-9-23(10-8-18)15(24)17(19)5-3-6-17/h12H,3-11,19H2,1-2H3. The molecule has 7 nitrogen and oxygen atoms in total. The summed E-state index contributed by atoms with van der Waals surface area (Å²) < 4.78 is 6.24. The molecule has 4 rings (SSSR count). The smallest absolute Gasteiger partial charge is 0.242 e. The number of nitrogens with zero attached hydrogens (tertiary/aromatic N) is 4. The van der Waals surface area contributed by atoms with Gasteiger partial charge in [-0.3, -0.25) is 4.79 Å². The molecular formula is C18H27N5O2. The second-order valence-electron chi connectivity index (χ2n) is 7.83. The van der Waals surface area contributed by atoms with Gasteiger partial charge in [-0.25, -0.2) is 9.97 Å². The highest BCUT2D eigenvalue weighted by Gasteiger charge is 2.47. The molecule has 1 saturated carbocycles. The lowest BCUT2D eigenvalue weighted by atomic mass is 9.75. The summed E-state index contributed by atoms with van der Waals surface area (Å²) in [7, 11) is 3.89. The van der Waals surface area contributed by atoms with Gasteiger partial charge in [0.25, 0.3) is 0 Å². The average Bonchev–Trinajstić information content (AvgIpc) is 2.60. The SMILES string of the molecule is CN(C)c1ncc2c(n1)C1(CCN(C(=O)C3(N)CCC3)CC1)OCC2. The maximum Gasteiger partial charge on any atom is 0.242 e. The normalized spacial score (nSPS) is 23.7. The molecule has 0 aromatic carbocycles. The van der Waals surface area contributed by atoms with E-state index in [1.807, 2.05) is 30.1 Å². The summed E-state index contributed by atoms with van der Waals surface area (Å²) in [4.78, 5) is 25.8. The molecule has 2 N–H and O–H groups in total. The fraction of sp³-hybridized carbons (Fsp3) is 0.722. The van der Waals surface area contributed by atoms with Crippen molar-refractivity contribution >= 4 is 11.9 Å². The van der Waals surface area contributed by atoms with Gasteiger partial charge in [0, 0.05) is 33.4 Å². The molecule has 0 unspecified atom stereocenters. The van der Waals surface area contributed by atoms with Gasteiger partial charge in [-0.2, -0.15) is 0 Å². The minimum absolute atomic E-state index is 0.112. The van der Waals surface area contributed by atoms with E-state index in [2.05, 4.69) is 4.98 Å². The van der Waals surface area contributed by atoms with E-state index in [1.165, 1.54) is 5.56 Å². The topological polar surface area (TPSA) is 84.6 Å². The Bertz CT molecular complexity index is 678. The predicted molar refractivity (Wildman–Crippen MR) is 94.3 cm³/mol. The van der Waals surface area contributed by atoms with Crippen LogP contribution < -0.4 is 10.6 Å². The third kappa shape index (κ3) is 2.69. The Morgan fingerprint density at radius 2 is 2.00 bits per heavy atom. The largest absolute Gasteiger partial charge is 0.368 e. The number of ether oxygens (including phenoxy) is 1. The number of carbonyl (C=O) groups is 1. The van der Waals surface area contributed by atoms with Gasteiger partial charge >= 0.3 is 0 Å². The molecule has 0 radical (unpaired) electrons. The van der Waals surface area contributed by atoms with E-state index < -0.39 is 5.54 Å². The summed E-state index contributed by atoms with van der Waals surface area (Å²) >= 11 is 0. The van der Waals surface area contributed by atoms with Gasteiger partial charge in [-0.15, -0.1) is 0 Å². The van der Waals surface area contributed by atoms with Crippen LogP contribution in [0.15, 0.2) is 6.20 Å². The highest BCUT2D eigenvalue weighted by atomic mass is 16.5. The van der Waals surface area contributed by atoms with Gasteiger partial charge in [-0.1, -0.05) is 0 Å². The number of fused-ring (bicyclic) bond motifs is 2. The van der Waals surface area contributed by atoms with E-state index in [-0.39, 0.29) is 11.5 Å². The lowest BCUT2D eigenvalue weighted by molar-refractivity contribution is -0.149. The number of carbonyl (C=O) groups excluding carboxylic acids is 1.